The van der Waals surface area contributed by atoms with Crippen LogP contribution in [0.4, 0.5) is 11.4 Å². The third-order valence-electron chi connectivity index (χ3n) is 3.13. The highest BCUT2D eigenvalue weighted by Crippen LogP contribution is 2.45. The van der Waals surface area contributed by atoms with Crippen molar-refractivity contribution in [3.05, 3.63) is 48.0 Å². The van der Waals surface area contributed by atoms with Crippen LogP contribution in [0.2, 0.25) is 0 Å². The SMILES string of the molecule is NCCCc1cccc2c1Nc1ccccc1S2. The smallest absolute Gasteiger partial charge is 0.0558 e. The Morgan fingerprint density at radius 1 is 1.00 bits per heavy atom. The molecule has 0 bridgehead atoms. The number of hydrogen-bond acceptors (Lipinski definition) is 3. The first-order valence-electron chi connectivity index (χ1n) is 6.24. The first-order valence-corrected chi connectivity index (χ1v) is 7.06. The predicted octanol–water partition coefficient (Wildman–Crippen LogP) is 3.79. The van der Waals surface area contributed by atoms with Crippen molar-refractivity contribution in [1.29, 1.82) is 0 Å². The fourth-order valence-corrected chi connectivity index (χ4v) is 3.26. The van der Waals surface area contributed by atoms with E-state index in [2.05, 4.69) is 47.8 Å². The minimum Gasteiger partial charge on any atom is -0.353 e. The van der Waals surface area contributed by atoms with Gasteiger partial charge in [0.1, 0.15) is 0 Å². The molecule has 0 saturated carbocycles. The van der Waals surface area contributed by atoms with Crippen LogP contribution in [0, 0.1) is 0 Å². The minimum absolute atomic E-state index is 0.743. The maximum atomic E-state index is 5.60. The molecule has 3 rings (SSSR count). The summed E-state index contributed by atoms with van der Waals surface area (Å²) in [5.41, 5.74) is 9.43. The van der Waals surface area contributed by atoms with Crippen LogP contribution >= 0.6 is 11.8 Å². The zero-order valence-corrected chi connectivity index (χ0v) is 11.0. The molecule has 0 unspecified atom stereocenters. The first-order chi connectivity index (χ1) is 8.88. The van der Waals surface area contributed by atoms with Gasteiger partial charge in [0.05, 0.1) is 11.4 Å². The van der Waals surface area contributed by atoms with Crippen molar-refractivity contribution in [1.82, 2.24) is 0 Å². The van der Waals surface area contributed by atoms with Crippen molar-refractivity contribution in [3.8, 4) is 0 Å². The van der Waals surface area contributed by atoms with Gasteiger partial charge in [-0.2, -0.15) is 0 Å². The largest absolute Gasteiger partial charge is 0.353 e. The highest BCUT2D eigenvalue weighted by Gasteiger charge is 2.17. The Kier molecular flexibility index (Phi) is 3.26. The normalized spacial score (nSPS) is 12.5. The minimum atomic E-state index is 0.743. The molecule has 1 aliphatic rings. The number of aryl methyl sites for hydroxylation is 1. The molecule has 0 aliphatic carbocycles. The van der Waals surface area contributed by atoms with Gasteiger partial charge < -0.3 is 11.1 Å². The molecule has 92 valence electrons. The lowest BCUT2D eigenvalue weighted by molar-refractivity contribution is 0.832. The van der Waals surface area contributed by atoms with Gasteiger partial charge in [0.25, 0.3) is 0 Å². The molecule has 3 heteroatoms. The summed E-state index contributed by atoms with van der Waals surface area (Å²) in [6.45, 7) is 0.743. The molecule has 1 aliphatic heterocycles. The quantitative estimate of drug-likeness (QED) is 0.749. The highest BCUT2D eigenvalue weighted by molar-refractivity contribution is 7.99. The van der Waals surface area contributed by atoms with Gasteiger partial charge in [-0.3, -0.25) is 0 Å². The average Bonchev–Trinajstić information content (AvgIpc) is 2.43. The highest BCUT2D eigenvalue weighted by atomic mass is 32.2. The number of hydrogen-bond donors (Lipinski definition) is 2. The molecule has 2 aromatic carbocycles. The first kappa shape index (κ1) is 11.6. The van der Waals surface area contributed by atoms with Gasteiger partial charge in [-0.25, -0.2) is 0 Å². The zero-order chi connectivity index (χ0) is 12.4. The summed E-state index contributed by atoms with van der Waals surface area (Å²) >= 11 is 1.84. The van der Waals surface area contributed by atoms with Gasteiger partial charge >= 0.3 is 0 Å². The molecule has 0 saturated heterocycles. The number of anilines is 2. The van der Waals surface area contributed by atoms with Gasteiger partial charge in [-0.15, -0.1) is 0 Å². The second-order valence-corrected chi connectivity index (χ2v) is 5.49. The van der Waals surface area contributed by atoms with Crippen LogP contribution in [0.3, 0.4) is 0 Å². The summed E-state index contributed by atoms with van der Waals surface area (Å²) in [7, 11) is 0. The van der Waals surface area contributed by atoms with Crippen LogP contribution in [-0.4, -0.2) is 6.54 Å². The average molecular weight is 256 g/mol. The van der Waals surface area contributed by atoms with Crippen molar-refractivity contribution in [2.24, 2.45) is 5.73 Å². The molecule has 0 atom stereocenters. The summed E-state index contributed by atoms with van der Waals surface area (Å²) < 4.78 is 0. The number of para-hydroxylation sites is 2. The zero-order valence-electron chi connectivity index (χ0n) is 10.1. The predicted molar refractivity (Wildman–Crippen MR) is 77.7 cm³/mol. The Balaban J connectivity index is 1.97. The molecule has 3 N–H and O–H groups in total. The second kappa shape index (κ2) is 5.04. The van der Waals surface area contributed by atoms with Crippen molar-refractivity contribution in [2.45, 2.75) is 22.6 Å². The third-order valence-corrected chi connectivity index (χ3v) is 4.27. The van der Waals surface area contributed by atoms with Crippen LogP contribution < -0.4 is 11.1 Å². The van der Waals surface area contributed by atoms with Crippen LogP contribution in [0.15, 0.2) is 52.3 Å². The lowest BCUT2D eigenvalue weighted by Gasteiger charge is -2.23. The topological polar surface area (TPSA) is 38.0 Å². The van der Waals surface area contributed by atoms with Gasteiger partial charge in [0, 0.05) is 9.79 Å². The fourth-order valence-electron chi connectivity index (χ4n) is 2.22. The van der Waals surface area contributed by atoms with E-state index in [1.807, 2.05) is 11.8 Å². The van der Waals surface area contributed by atoms with Crippen molar-refractivity contribution in [2.75, 3.05) is 11.9 Å². The molecule has 0 radical (unpaired) electrons. The van der Waals surface area contributed by atoms with Gasteiger partial charge in [-0.05, 0) is 43.1 Å². The summed E-state index contributed by atoms with van der Waals surface area (Å²) in [6, 6.07) is 14.9. The van der Waals surface area contributed by atoms with Gasteiger partial charge in [0.15, 0.2) is 0 Å². The Morgan fingerprint density at radius 2 is 1.83 bits per heavy atom. The van der Waals surface area contributed by atoms with Gasteiger partial charge in [-0.1, -0.05) is 36.0 Å². The molecule has 0 fully saturated rings. The summed E-state index contributed by atoms with van der Waals surface area (Å²) in [5, 5.41) is 3.56. The standard InChI is InChI=1S/C15H16N2S/c16-10-4-6-11-5-3-9-14-15(11)17-12-7-1-2-8-13(12)18-14/h1-3,5,7-9,17H,4,6,10,16H2. The second-order valence-electron chi connectivity index (χ2n) is 4.41. The number of nitrogens with two attached hydrogens (primary N) is 1. The van der Waals surface area contributed by atoms with E-state index in [1.165, 1.54) is 26.7 Å². The molecular weight excluding hydrogens is 240 g/mol. The van der Waals surface area contributed by atoms with Gasteiger partial charge in [0.2, 0.25) is 0 Å². The molecule has 2 nitrogen and oxygen atoms in total. The molecule has 0 aromatic heterocycles. The summed E-state index contributed by atoms with van der Waals surface area (Å²) in [4.78, 5) is 2.60. The summed E-state index contributed by atoms with van der Waals surface area (Å²) in [6.07, 6.45) is 2.07. The Morgan fingerprint density at radius 3 is 2.72 bits per heavy atom. The molecular formula is C15H16N2S. The van der Waals surface area contributed by atoms with Crippen molar-refractivity contribution >= 4 is 23.1 Å². The van der Waals surface area contributed by atoms with Crippen molar-refractivity contribution < 1.29 is 0 Å². The van der Waals surface area contributed by atoms with E-state index in [0.29, 0.717) is 0 Å². The Labute approximate surface area is 112 Å². The third kappa shape index (κ3) is 2.11. The van der Waals surface area contributed by atoms with Crippen LogP contribution in [0.1, 0.15) is 12.0 Å². The lowest BCUT2D eigenvalue weighted by atomic mass is 10.1. The maximum absolute atomic E-state index is 5.60. The van der Waals surface area contributed by atoms with E-state index < -0.39 is 0 Å². The molecule has 18 heavy (non-hydrogen) atoms. The fraction of sp³-hybridized carbons (Fsp3) is 0.200. The van der Waals surface area contributed by atoms with Crippen LogP contribution in [0.5, 0.6) is 0 Å². The molecule has 0 amide bonds. The maximum Gasteiger partial charge on any atom is 0.0558 e. The number of nitrogens with one attached hydrogen (secondary N) is 1. The van der Waals surface area contributed by atoms with Crippen LogP contribution in [-0.2, 0) is 6.42 Å². The van der Waals surface area contributed by atoms with E-state index in [9.17, 15) is 0 Å². The molecule has 0 spiro atoms. The number of benzene rings is 2. The monoisotopic (exact) mass is 256 g/mol. The molecule has 2 aromatic rings. The summed E-state index contributed by atoms with van der Waals surface area (Å²) in [5.74, 6) is 0. The number of rotatable bonds is 3. The molecule has 1 heterocycles. The Hall–Kier alpha value is -1.45. The number of fused-ring (bicyclic) bond motifs is 2. The lowest BCUT2D eigenvalue weighted by Crippen LogP contribution is -2.05. The Bertz CT molecular complexity index is 566. The van der Waals surface area contributed by atoms with Crippen molar-refractivity contribution in [3.63, 3.8) is 0 Å². The van der Waals surface area contributed by atoms with E-state index in [4.69, 9.17) is 5.73 Å². The van der Waals surface area contributed by atoms with E-state index in [0.717, 1.165) is 19.4 Å². The van der Waals surface area contributed by atoms with Crippen LogP contribution in [0.25, 0.3) is 0 Å². The van der Waals surface area contributed by atoms with E-state index in [-0.39, 0.29) is 0 Å². The van der Waals surface area contributed by atoms with E-state index in [1.54, 1.807) is 0 Å². The van der Waals surface area contributed by atoms with E-state index >= 15 is 0 Å².